The molecule has 1 fully saturated rings. The van der Waals surface area contributed by atoms with E-state index in [1.54, 1.807) is 37.1 Å². The molecule has 0 unspecified atom stereocenters. The number of aromatic nitrogens is 1. The Bertz CT molecular complexity index is 1210. The van der Waals surface area contributed by atoms with E-state index in [-0.39, 0.29) is 17.2 Å². The number of nitro groups is 1. The van der Waals surface area contributed by atoms with Crippen molar-refractivity contribution >= 4 is 49.9 Å². The number of benzene rings is 2. The molecule has 2 aromatic carbocycles. The van der Waals surface area contributed by atoms with Gasteiger partial charge in [-0.3, -0.25) is 24.7 Å². The van der Waals surface area contributed by atoms with Crippen molar-refractivity contribution in [3.8, 4) is 5.75 Å². The van der Waals surface area contributed by atoms with Crippen molar-refractivity contribution in [3.05, 3.63) is 56.6 Å². The van der Waals surface area contributed by atoms with Gasteiger partial charge in [0.2, 0.25) is 0 Å². The second-order valence-corrected chi connectivity index (χ2v) is 9.28. The van der Waals surface area contributed by atoms with Gasteiger partial charge in [-0.05, 0) is 31.5 Å². The van der Waals surface area contributed by atoms with E-state index in [2.05, 4.69) is 4.90 Å². The van der Waals surface area contributed by atoms with E-state index in [0.29, 0.717) is 53.2 Å². The number of ether oxygens (including phenoxy) is 2. The molecule has 4 rings (SSSR count). The van der Waals surface area contributed by atoms with Gasteiger partial charge in [0.05, 0.1) is 35.0 Å². The molecule has 0 atom stereocenters. The molecule has 9 nitrogen and oxygen atoms in total. The first-order valence-corrected chi connectivity index (χ1v) is 12.1. The van der Waals surface area contributed by atoms with E-state index in [1.165, 1.54) is 23.5 Å². The lowest BCUT2D eigenvalue weighted by molar-refractivity contribution is -0.385. The van der Waals surface area contributed by atoms with Crippen LogP contribution in [0.5, 0.6) is 5.75 Å². The highest BCUT2D eigenvalue weighted by atomic mass is 35.5. The number of nitrogens with zero attached hydrogens (tertiary/aromatic N) is 4. The lowest BCUT2D eigenvalue weighted by Gasteiger charge is -2.28. The Kier molecular flexibility index (Phi) is 7.62. The minimum Gasteiger partial charge on any atom is -0.494 e. The summed E-state index contributed by atoms with van der Waals surface area (Å²) in [4.78, 5) is 33.2. The number of carbonyl (C=O) groups excluding carboxylic acids is 1. The highest BCUT2D eigenvalue weighted by molar-refractivity contribution is 7.23. The maximum Gasteiger partial charge on any atom is 0.273 e. The summed E-state index contributed by atoms with van der Waals surface area (Å²) in [5.41, 5.74) is 1.09. The normalized spacial score (nSPS) is 14.3. The van der Waals surface area contributed by atoms with Crippen LogP contribution in [0.15, 0.2) is 30.3 Å². The molecule has 3 aromatic rings. The summed E-state index contributed by atoms with van der Waals surface area (Å²) < 4.78 is 11.6. The second-order valence-electron chi connectivity index (χ2n) is 7.89. The SMILES string of the molecule is COc1ccc(Cl)c2sc(N(CCCN3CCOCC3)C(=O)c3cccc([N+](=O)[O-])c3C)nc12. The van der Waals surface area contributed by atoms with Crippen molar-refractivity contribution in [2.24, 2.45) is 0 Å². The Morgan fingerprint density at radius 3 is 2.79 bits per heavy atom. The summed E-state index contributed by atoms with van der Waals surface area (Å²) in [5, 5.41) is 12.4. The average Bonchev–Trinajstić information content (AvgIpc) is 3.28. The third-order valence-electron chi connectivity index (χ3n) is 5.84. The third-order valence-corrected chi connectivity index (χ3v) is 7.37. The zero-order chi connectivity index (χ0) is 24.2. The van der Waals surface area contributed by atoms with E-state index < -0.39 is 4.92 Å². The van der Waals surface area contributed by atoms with Crippen molar-refractivity contribution in [1.82, 2.24) is 9.88 Å². The number of morpholine rings is 1. The van der Waals surface area contributed by atoms with Gasteiger partial charge in [0.15, 0.2) is 5.13 Å². The first kappa shape index (κ1) is 24.3. The van der Waals surface area contributed by atoms with Gasteiger partial charge in [0.25, 0.3) is 11.6 Å². The molecule has 1 saturated heterocycles. The zero-order valence-electron chi connectivity index (χ0n) is 19.0. The number of thiazole rings is 1. The molecule has 0 bridgehead atoms. The van der Waals surface area contributed by atoms with Crippen LogP contribution in [0.1, 0.15) is 22.3 Å². The molecule has 0 N–H and O–H groups in total. The number of hydrogen-bond acceptors (Lipinski definition) is 8. The molecule has 180 valence electrons. The molecule has 2 heterocycles. The van der Waals surface area contributed by atoms with Crippen LogP contribution >= 0.6 is 22.9 Å². The number of hydrogen-bond donors (Lipinski definition) is 0. The molecule has 1 aliphatic rings. The number of amides is 1. The highest BCUT2D eigenvalue weighted by Crippen LogP contribution is 2.39. The van der Waals surface area contributed by atoms with Crippen LogP contribution in [-0.2, 0) is 4.74 Å². The first-order chi connectivity index (χ1) is 16.4. The molecule has 0 radical (unpaired) electrons. The third kappa shape index (κ3) is 5.00. The number of nitro benzene ring substituents is 1. The van der Waals surface area contributed by atoms with Crippen LogP contribution in [0.3, 0.4) is 0 Å². The van der Waals surface area contributed by atoms with E-state index in [9.17, 15) is 14.9 Å². The highest BCUT2D eigenvalue weighted by Gasteiger charge is 2.27. The maximum atomic E-state index is 13.7. The Labute approximate surface area is 206 Å². The van der Waals surface area contributed by atoms with Crippen LogP contribution in [0.25, 0.3) is 10.2 Å². The molecule has 0 spiro atoms. The number of methoxy groups -OCH3 is 1. The van der Waals surface area contributed by atoms with Crippen molar-refractivity contribution in [3.63, 3.8) is 0 Å². The molecular weight excluding hydrogens is 480 g/mol. The predicted molar refractivity (Wildman–Crippen MR) is 133 cm³/mol. The van der Waals surface area contributed by atoms with Crippen molar-refractivity contribution < 1.29 is 19.2 Å². The summed E-state index contributed by atoms with van der Waals surface area (Å²) in [6.45, 7) is 5.90. The van der Waals surface area contributed by atoms with Crippen molar-refractivity contribution in [2.45, 2.75) is 13.3 Å². The van der Waals surface area contributed by atoms with E-state index in [4.69, 9.17) is 26.1 Å². The maximum absolute atomic E-state index is 13.7. The fourth-order valence-corrected chi connectivity index (χ4v) is 5.26. The van der Waals surface area contributed by atoms with Gasteiger partial charge in [-0.2, -0.15) is 0 Å². The van der Waals surface area contributed by atoms with Gasteiger partial charge >= 0.3 is 0 Å². The Hall–Kier alpha value is -2.79. The monoisotopic (exact) mass is 504 g/mol. The van der Waals surface area contributed by atoms with Gasteiger partial charge in [0, 0.05) is 43.4 Å². The topological polar surface area (TPSA) is 98.0 Å². The summed E-state index contributed by atoms with van der Waals surface area (Å²) in [5.74, 6) is 0.228. The van der Waals surface area contributed by atoms with Gasteiger partial charge < -0.3 is 9.47 Å². The summed E-state index contributed by atoms with van der Waals surface area (Å²) in [6.07, 6.45) is 0.709. The predicted octanol–water partition coefficient (Wildman–Crippen LogP) is 4.54. The van der Waals surface area contributed by atoms with Crippen LogP contribution in [0, 0.1) is 17.0 Å². The molecule has 1 amide bonds. The number of fused-ring (bicyclic) bond motifs is 1. The molecular formula is C23H25ClN4O5S. The Morgan fingerprint density at radius 2 is 2.09 bits per heavy atom. The molecule has 0 aliphatic carbocycles. The van der Waals surface area contributed by atoms with Crippen molar-refractivity contribution in [2.75, 3.05) is 51.4 Å². The van der Waals surface area contributed by atoms with Crippen LogP contribution < -0.4 is 9.64 Å². The van der Waals surface area contributed by atoms with Gasteiger partial charge in [0.1, 0.15) is 11.3 Å². The summed E-state index contributed by atoms with van der Waals surface area (Å²) in [6, 6.07) is 8.02. The fraction of sp³-hybridized carbons (Fsp3) is 0.391. The van der Waals surface area contributed by atoms with Crippen LogP contribution in [0.4, 0.5) is 10.8 Å². The smallest absolute Gasteiger partial charge is 0.273 e. The van der Waals surface area contributed by atoms with E-state index in [1.807, 2.05) is 0 Å². The van der Waals surface area contributed by atoms with E-state index in [0.717, 1.165) is 24.3 Å². The average molecular weight is 505 g/mol. The standard InChI is InChI=1S/C23H25ClN4O5S/c1-15-16(5-3-6-18(15)28(30)31)22(29)27(10-4-9-26-11-13-33-14-12-26)23-25-20-19(32-2)8-7-17(24)21(20)34-23/h3,5-8H,4,9-14H2,1-2H3. The summed E-state index contributed by atoms with van der Waals surface area (Å²) in [7, 11) is 1.55. The molecule has 11 heteroatoms. The number of rotatable bonds is 8. The lowest BCUT2D eigenvalue weighted by atomic mass is 10.1. The number of halogens is 1. The molecule has 1 aromatic heterocycles. The summed E-state index contributed by atoms with van der Waals surface area (Å²) >= 11 is 7.71. The molecule has 1 aliphatic heterocycles. The van der Waals surface area contributed by atoms with E-state index >= 15 is 0 Å². The first-order valence-electron chi connectivity index (χ1n) is 10.9. The number of anilines is 1. The van der Waals surface area contributed by atoms with Crippen molar-refractivity contribution in [1.29, 1.82) is 0 Å². The minimum absolute atomic E-state index is 0.0897. The largest absolute Gasteiger partial charge is 0.494 e. The fourth-order valence-electron chi connectivity index (χ4n) is 3.98. The van der Waals surface area contributed by atoms with Gasteiger partial charge in [-0.1, -0.05) is 29.0 Å². The minimum atomic E-state index is -0.475. The van der Waals surface area contributed by atoms with Crippen LogP contribution in [-0.4, -0.2) is 67.2 Å². The Morgan fingerprint density at radius 1 is 1.32 bits per heavy atom. The Balaban J connectivity index is 1.69. The van der Waals surface area contributed by atoms with Gasteiger partial charge in [-0.15, -0.1) is 0 Å². The zero-order valence-corrected chi connectivity index (χ0v) is 20.5. The molecule has 0 saturated carbocycles. The van der Waals surface area contributed by atoms with Gasteiger partial charge in [-0.25, -0.2) is 4.98 Å². The quantitative estimate of drug-likeness (QED) is 0.328. The molecule has 34 heavy (non-hydrogen) atoms. The second kappa shape index (κ2) is 10.6. The lowest BCUT2D eigenvalue weighted by Crippen LogP contribution is -2.39. The van der Waals surface area contributed by atoms with Crippen LogP contribution in [0.2, 0.25) is 5.02 Å². The number of carbonyl (C=O) groups is 1.